The number of fused-ring (bicyclic) bond motifs is 8. The molecule has 2 heterocycles. The second kappa shape index (κ2) is 9.82. The Morgan fingerprint density at radius 2 is 1.11 bits per heavy atom. The highest BCUT2D eigenvalue weighted by molar-refractivity contribution is 6.24. The highest BCUT2D eigenvalue weighted by Gasteiger charge is 2.20. The van der Waals surface area contributed by atoms with Crippen LogP contribution in [-0.2, 0) is 0 Å². The summed E-state index contributed by atoms with van der Waals surface area (Å²) in [5.74, 6) is 0. The first-order valence-corrected chi connectivity index (χ1v) is 14.9. The third-order valence-electron chi connectivity index (χ3n) is 8.69. The normalized spacial score (nSPS) is 11.6. The lowest BCUT2D eigenvalue weighted by molar-refractivity contribution is 0.654. The monoisotopic (exact) mass is 562 g/mol. The average Bonchev–Trinajstić information content (AvgIpc) is 3.47. The average molecular weight is 563 g/mol. The number of anilines is 3. The van der Waals surface area contributed by atoms with Gasteiger partial charge in [0.05, 0.1) is 5.69 Å². The standard InChI is InChI=1S/C41H26N2O/c1-2-9-27(10-3-1)28-16-19-31(20-17-28)43(32-21-23-35-36-15-8-24-42-41(36)44-39(35)26-32)38-25-30-12-5-7-14-34(30)40-33-13-6-4-11-29(33)18-22-37(38)40/h1-26H. The van der Waals surface area contributed by atoms with Crippen molar-refractivity contribution in [1.29, 1.82) is 0 Å². The Labute approximate surface area is 254 Å². The zero-order valence-electron chi connectivity index (χ0n) is 23.8. The van der Waals surface area contributed by atoms with Crippen LogP contribution in [0.1, 0.15) is 0 Å². The minimum atomic E-state index is 0.654. The van der Waals surface area contributed by atoms with Crippen LogP contribution in [0, 0.1) is 0 Å². The summed E-state index contributed by atoms with van der Waals surface area (Å²) in [7, 11) is 0. The van der Waals surface area contributed by atoms with Gasteiger partial charge in [0.25, 0.3) is 0 Å². The van der Waals surface area contributed by atoms with Crippen LogP contribution in [0.4, 0.5) is 17.1 Å². The maximum Gasteiger partial charge on any atom is 0.227 e. The number of hydrogen-bond donors (Lipinski definition) is 0. The molecule has 2 aromatic heterocycles. The van der Waals surface area contributed by atoms with Crippen molar-refractivity contribution in [3.63, 3.8) is 0 Å². The Morgan fingerprint density at radius 3 is 1.95 bits per heavy atom. The summed E-state index contributed by atoms with van der Waals surface area (Å²) in [5, 5.41) is 9.48. The minimum Gasteiger partial charge on any atom is -0.438 e. The van der Waals surface area contributed by atoms with E-state index in [4.69, 9.17) is 4.42 Å². The molecule has 0 aliphatic rings. The molecule has 0 N–H and O–H groups in total. The van der Waals surface area contributed by atoms with Gasteiger partial charge in [-0.3, -0.25) is 0 Å². The van der Waals surface area contributed by atoms with Gasteiger partial charge in [-0.05, 0) is 80.5 Å². The van der Waals surface area contributed by atoms with Crippen LogP contribution in [0.3, 0.4) is 0 Å². The fourth-order valence-corrected chi connectivity index (χ4v) is 6.63. The SMILES string of the molecule is c1ccc(-c2ccc(N(c3ccc4c(c3)oc3ncccc34)c3cc4ccccc4c4c3ccc3ccccc34)cc2)cc1. The van der Waals surface area contributed by atoms with Crippen molar-refractivity contribution in [2.45, 2.75) is 0 Å². The van der Waals surface area contributed by atoms with Crippen molar-refractivity contribution in [3.8, 4) is 11.1 Å². The lowest BCUT2D eigenvalue weighted by Crippen LogP contribution is -2.10. The molecule has 0 aliphatic carbocycles. The van der Waals surface area contributed by atoms with Crippen LogP contribution in [0.25, 0.3) is 65.5 Å². The van der Waals surface area contributed by atoms with E-state index < -0.39 is 0 Å². The summed E-state index contributed by atoms with van der Waals surface area (Å²) in [6.07, 6.45) is 1.78. The predicted molar refractivity (Wildman–Crippen MR) is 184 cm³/mol. The predicted octanol–water partition coefficient (Wildman–Crippen LogP) is 11.6. The van der Waals surface area contributed by atoms with Crippen molar-refractivity contribution in [3.05, 3.63) is 158 Å². The molecule has 0 bridgehead atoms. The van der Waals surface area contributed by atoms with Crippen LogP contribution >= 0.6 is 0 Å². The van der Waals surface area contributed by atoms with E-state index in [1.807, 2.05) is 6.07 Å². The van der Waals surface area contributed by atoms with E-state index >= 15 is 0 Å². The minimum absolute atomic E-state index is 0.654. The maximum atomic E-state index is 6.27. The highest BCUT2D eigenvalue weighted by atomic mass is 16.3. The number of pyridine rings is 1. The lowest BCUT2D eigenvalue weighted by Gasteiger charge is -2.28. The van der Waals surface area contributed by atoms with Gasteiger partial charge >= 0.3 is 0 Å². The topological polar surface area (TPSA) is 29.3 Å². The van der Waals surface area contributed by atoms with E-state index in [1.54, 1.807) is 6.20 Å². The van der Waals surface area contributed by atoms with Gasteiger partial charge in [-0.1, -0.05) is 103 Å². The molecule has 0 unspecified atom stereocenters. The van der Waals surface area contributed by atoms with E-state index in [2.05, 4.69) is 155 Å². The molecule has 0 fully saturated rings. The molecule has 0 saturated heterocycles. The van der Waals surface area contributed by atoms with Crippen LogP contribution in [0.15, 0.2) is 162 Å². The van der Waals surface area contributed by atoms with Crippen molar-refractivity contribution in [1.82, 2.24) is 4.98 Å². The van der Waals surface area contributed by atoms with Crippen molar-refractivity contribution in [2.24, 2.45) is 0 Å². The molecule has 3 nitrogen and oxygen atoms in total. The van der Waals surface area contributed by atoms with Crippen molar-refractivity contribution < 1.29 is 4.42 Å². The molecule has 9 rings (SSSR count). The number of nitrogens with zero attached hydrogens (tertiary/aromatic N) is 2. The van der Waals surface area contributed by atoms with Gasteiger partial charge in [0.2, 0.25) is 5.71 Å². The van der Waals surface area contributed by atoms with Gasteiger partial charge in [0.15, 0.2) is 0 Å². The fourth-order valence-electron chi connectivity index (χ4n) is 6.63. The maximum absolute atomic E-state index is 6.27. The number of rotatable bonds is 4. The van der Waals surface area contributed by atoms with E-state index in [1.165, 1.54) is 43.4 Å². The van der Waals surface area contributed by atoms with E-state index in [9.17, 15) is 0 Å². The molecule has 0 radical (unpaired) electrons. The van der Waals surface area contributed by atoms with Crippen LogP contribution in [0.2, 0.25) is 0 Å². The molecular formula is C41H26N2O. The molecule has 0 amide bonds. The summed E-state index contributed by atoms with van der Waals surface area (Å²) >= 11 is 0. The van der Waals surface area contributed by atoms with Crippen LogP contribution in [0.5, 0.6) is 0 Å². The summed E-state index contributed by atoms with van der Waals surface area (Å²) in [6.45, 7) is 0. The Morgan fingerprint density at radius 1 is 0.455 bits per heavy atom. The van der Waals surface area contributed by atoms with E-state index in [-0.39, 0.29) is 0 Å². The number of hydrogen-bond acceptors (Lipinski definition) is 3. The fraction of sp³-hybridized carbons (Fsp3) is 0. The number of aromatic nitrogens is 1. The number of furan rings is 1. The van der Waals surface area contributed by atoms with Crippen LogP contribution < -0.4 is 4.90 Å². The molecule has 206 valence electrons. The molecular weight excluding hydrogens is 536 g/mol. The van der Waals surface area contributed by atoms with E-state index in [0.717, 1.165) is 33.4 Å². The Bertz CT molecular complexity index is 2480. The second-order valence-corrected chi connectivity index (χ2v) is 11.2. The third-order valence-corrected chi connectivity index (χ3v) is 8.69. The van der Waals surface area contributed by atoms with Gasteiger partial charge in [0.1, 0.15) is 5.58 Å². The summed E-state index contributed by atoms with van der Waals surface area (Å²) in [6, 6.07) is 54.1. The summed E-state index contributed by atoms with van der Waals surface area (Å²) in [4.78, 5) is 6.83. The molecule has 0 aliphatic heterocycles. The molecule has 7 aromatic carbocycles. The molecule has 44 heavy (non-hydrogen) atoms. The first-order chi connectivity index (χ1) is 21.8. The van der Waals surface area contributed by atoms with Gasteiger partial charge in [-0.2, -0.15) is 0 Å². The lowest BCUT2D eigenvalue weighted by atomic mass is 9.94. The molecule has 3 heteroatoms. The zero-order valence-corrected chi connectivity index (χ0v) is 23.8. The second-order valence-electron chi connectivity index (χ2n) is 11.2. The van der Waals surface area contributed by atoms with Gasteiger partial charge < -0.3 is 9.32 Å². The smallest absolute Gasteiger partial charge is 0.227 e. The Balaban J connectivity index is 1.34. The molecule has 0 saturated carbocycles. The third kappa shape index (κ3) is 3.87. The first-order valence-electron chi connectivity index (χ1n) is 14.9. The molecule has 0 atom stereocenters. The Hall–Kier alpha value is -5.93. The van der Waals surface area contributed by atoms with Gasteiger partial charge in [-0.15, -0.1) is 0 Å². The van der Waals surface area contributed by atoms with Crippen molar-refractivity contribution >= 4 is 71.4 Å². The zero-order chi connectivity index (χ0) is 29.0. The largest absolute Gasteiger partial charge is 0.438 e. The highest BCUT2D eigenvalue weighted by Crippen LogP contribution is 2.45. The quantitative estimate of drug-likeness (QED) is 0.200. The van der Waals surface area contributed by atoms with E-state index in [0.29, 0.717) is 5.71 Å². The van der Waals surface area contributed by atoms with Gasteiger partial charge in [0, 0.05) is 39.8 Å². The Kier molecular flexibility index (Phi) is 5.50. The number of benzene rings is 7. The van der Waals surface area contributed by atoms with Crippen LogP contribution in [-0.4, -0.2) is 4.98 Å². The molecule has 9 aromatic rings. The van der Waals surface area contributed by atoms with Crippen molar-refractivity contribution in [2.75, 3.05) is 4.90 Å². The van der Waals surface area contributed by atoms with Gasteiger partial charge in [-0.25, -0.2) is 4.98 Å². The summed E-state index contributed by atoms with van der Waals surface area (Å²) < 4.78 is 6.27. The first kappa shape index (κ1) is 24.6. The summed E-state index contributed by atoms with van der Waals surface area (Å²) in [5.41, 5.74) is 7.06. The molecule has 0 spiro atoms.